The van der Waals surface area contributed by atoms with E-state index in [-0.39, 0.29) is 5.60 Å². The first kappa shape index (κ1) is 26.1. The van der Waals surface area contributed by atoms with Gasteiger partial charge in [-0.1, -0.05) is 72.6 Å². The van der Waals surface area contributed by atoms with E-state index in [0.29, 0.717) is 5.75 Å². The molecule has 2 rings (SSSR count). The van der Waals surface area contributed by atoms with Crippen LogP contribution in [0.1, 0.15) is 121 Å². The van der Waals surface area contributed by atoms with E-state index in [1.807, 2.05) is 13.8 Å². The lowest BCUT2D eigenvalue weighted by atomic mass is 9.84. The third kappa shape index (κ3) is 7.43. The smallest absolute Gasteiger partial charge is 0.127 e. The molecule has 178 valence electrons. The summed E-state index contributed by atoms with van der Waals surface area (Å²) in [6.07, 6.45) is 14.1. The summed E-state index contributed by atoms with van der Waals surface area (Å²) >= 11 is 0. The normalized spacial score (nSPS) is 20.4. The first-order valence-electron chi connectivity index (χ1n) is 13.0. The van der Waals surface area contributed by atoms with Crippen molar-refractivity contribution in [2.24, 2.45) is 17.8 Å². The first-order valence-corrected chi connectivity index (χ1v) is 13.0. The Bertz CT molecular complexity index is 705. The minimum absolute atomic E-state index is 0.0712. The van der Waals surface area contributed by atoms with E-state index in [4.69, 9.17) is 4.74 Å². The number of ether oxygens (including phenoxy) is 1. The molecule has 0 aliphatic carbocycles. The van der Waals surface area contributed by atoms with E-state index in [0.717, 1.165) is 59.5 Å². The number of phenols is 1. The van der Waals surface area contributed by atoms with Crippen LogP contribution in [0, 0.1) is 38.5 Å². The van der Waals surface area contributed by atoms with Crippen LogP contribution in [0.3, 0.4) is 0 Å². The highest BCUT2D eigenvalue weighted by Gasteiger charge is 2.34. The van der Waals surface area contributed by atoms with Gasteiger partial charge in [0.25, 0.3) is 0 Å². The van der Waals surface area contributed by atoms with E-state index in [2.05, 4.69) is 41.5 Å². The molecule has 0 unspecified atom stereocenters. The van der Waals surface area contributed by atoms with Crippen molar-refractivity contribution in [2.75, 3.05) is 0 Å². The molecular weight excluding hydrogens is 380 g/mol. The van der Waals surface area contributed by atoms with Crippen molar-refractivity contribution in [2.45, 2.75) is 132 Å². The van der Waals surface area contributed by atoms with Gasteiger partial charge in [-0.2, -0.15) is 0 Å². The van der Waals surface area contributed by atoms with Gasteiger partial charge in [0.05, 0.1) is 0 Å². The fourth-order valence-corrected chi connectivity index (χ4v) is 5.27. The maximum atomic E-state index is 10.4. The maximum absolute atomic E-state index is 10.4. The topological polar surface area (TPSA) is 29.5 Å². The zero-order chi connectivity index (χ0) is 23.2. The summed E-state index contributed by atoms with van der Waals surface area (Å²) < 4.78 is 6.60. The van der Waals surface area contributed by atoms with E-state index in [1.165, 1.54) is 56.9 Å². The zero-order valence-corrected chi connectivity index (χ0v) is 21.9. The summed E-state index contributed by atoms with van der Waals surface area (Å²) in [6.45, 7) is 17.9. The summed E-state index contributed by atoms with van der Waals surface area (Å²) in [6, 6.07) is 0. The van der Waals surface area contributed by atoms with Crippen molar-refractivity contribution in [3.63, 3.8) is 0 Å². The highest BCUT2D eigenvalue weighted by atomic mass is 16.5. The second kappa shape index (κ2) is 11.6. The van der Waals surface area contributed by atoms with Crippen LogP contribution in [0.15, 0.2) is 0 Å². The van der Waals surface area contributed by atoms with E-state index < -0.39 is 0 Å². The molecule has 1 aromatic rings. The van der Waals surface area contributed by atoms with Crippen LogP contribution in [0.5, 0.6) is 11.5 Å². The minimum Gasteiger partial charge on any atom is -0.507 e. The fraction of sp³-hybridized carbons (Fsp3) is 0.793. The van der Waals surface area contributed by atoms with Gasteiger partial charge in [-0.05, 0) is 87.8 Å². The van der Waals surface area contributed by atoms with Crippen LogP contribution < -0.4 is 4.74 Å². The van der Waals surface area contributed by atoms with Crippen molar-refractivity contribution >= 4 is 0 Å². The fourth-order valence-electron chi connectivity index (χ4n) is 5.27. The molecule has 0 radical (unpaired) electrons. The number of hydrogen-bond acceptors (Lipinski definition) is 2. The van der Waals surface area contributed by atoms with E-state index >= 15 is 0 Å². The molecule has 3 atom stereocenters. The molecule has 1 aliphatic rings. The average molecular weight is 431 g/mol. The largest absolute Gasteiger partial charge is 0.507 e. The number of phenolic OH excluding ortho intramolecular Hbond substituents is 1. The van der Waals surface area contributed by atoms with Gasteiger partial charge in [-0.25, -0.2) is 0 Å². The molecule has 0 saturated carbocycles. The van der Waals surface area contributed by atoms with Crippen molar-refractivity contribution in [1.82, 2.24) is 0 Å². The molecule has 0 spiro atoms. The molecule has 31 heavy (non-hydrogen) atoms. The molecule has 0 aromatic heterocycles. The van der Waals surface area contributed by atoms with Crippen LogP contribution in [-0.4, -0.2) is 10.7 Å². The van der Waals surface area contributed by atoms with Gasteiger partial charge < -0.3 is 9.84 Å². The average Bonchev–Trinajstić information content (AvgIpc) is 2.70. The van der Waals surface area contributed by atoms with Gasteiger partial charge in [-0.15, -0.1) is 0 Å². The summed E-state index contributed by atoms with van der Waals surface area (Å²) in [7, 11) is 0. The minimum atomic E-state index is -0.0712. The summed E-state index contributed by atoms with van der Waals surface area (Å²) in [5.41, 5.74) is 4.23. The summed E-state index contributed by atoms with van der Waals surface area (Å²) in [5.74, 6) is 4.04. The van der Waals surface area contributed by atoms with E-state index in [9.17, 15) is 5.11 Å². The van der Waals surface area contributed by atoms with Gasteiger partial charge in [0.2, 0.25) is 0 Å². The second-order valence-electron chi connectivity index (χ2n) is 11.4. The van der Waals surface area contributed by atoms with Crippen molar-refractivity contribution in [1.29, 1.82) is 0 Å². The predicted molar refractivity (Wildman–Crippen MR) is 134 cm³/mol. The third-order valence-electron chi connectivity index (χ3n) is 7.87. The number of fused-ring (bicyclic) bond motifs is 1. The lowest BCUT2D eigenvalue weighted by Gasteiger charge is -2.38. The first-order chi connectivity index (χ1) is 14.5. The molecule has 1 aliphatic heterocycles. The predicted octanol–water partition coefficient (Wildman–Crippen LogP) is 8.84. The monoisotopic (exact) mass is 430 g/mol. The maximum Gasteiger partial charge on any atom is 0.127 e. The Labute approximate surface area is 193 Å². The van der Waals surface area contributed by atoms with Gasteiger partial charge in [0, 0.05) is 5.56 Å². The Morgan fingerprint density at radius 2 is 1.35 bits per heavy atom. The van der Waals surface area contributed by atoms with Crippen LogP contribution in [0.2, 0.25) is 0 Å². The Kier molecular flexibility index (Phi) is 9.77. The molecule has 2 nitrogen and oxygen atoms in total. The molecular formula is C29H50O2. The highest BCUT2D eigenvalue weighted by molar-refractivity contribution is 5.58. The van der Waals surface area contributed by atoms with E-state index in [1.54, 1.807) is 0 Å². The number of rotatable bonds is 12. The quantitative estimate of drug-likeness (QED) is 0.359. The number of aromatic hydroxyl groups is 1. The lowest BCUT2D eigenvalue weighted by molar-refractivity contribution is 0.0512. The molecule has 0 fully saturated rings. The summed E-state index contributed by atoms with van der Waals surface area (Å²) in [5, 5.41) is 10.4. The van der Waals surface area contributed by atoms with Crippen molar-refractivity contribution in [3.8, 4) is 11.5 Å². The Balaban J connectivity index is 1.74. The van der Waals surface area contributed by atoms with Gasteiger partial charge in [-0.3, -0.25) is 0 Å². The summed E-state index contributed by atoms with van der Waals surface area (Å²) in [4.78, 5) is 0. The van der Waals surface area contributed by atoms with Crippen molar-refractivity contribution in [3.05, 3.63) is 22.3 Å². The van der Waals surface area contributed by atoms with Crippen LogP contribution in [0.25, 0.3) is 0 Å². The van der Waals surface area contributed by atoms with Gasteiger partial charge >= 0.3 is 0 Å². The number of benzene rings is 1. The number of hydrogen-bond donors (Lipinski definition) is 1. The Morgan fingerprint density at radius 1 is 0.806 bits per heavy atom. The molecule has 1 N–H and O–H groups in total. The van der Waals surface area contributed by atoms with Crippen LogP contribution >= 0.6 is 0 Å². The third-order valence-corrected chi connectivity index (χ3v) is 7.87. The van der Waals surface area contributed by atoms with Gasteiger partial charge in [0.1, 0.15) is 17.1 Å². The zero-order valence-electron chi connectivity index (χ0n) is 21.9. The highest BCUT2D eigenvalue weighted by Crippen LogP contribution is 2.44. The molecule has 0 saturated heterocycles. The van der Waals surface area contributed by atoms with Crippen molar-refractivity contribution < 1.29 is 9.84 Å². The Morgan fingerprint density at radius 3 is 1.94 bits per heavy atom. The standard InChI is InChI=1S/C29H50O2/c1-20(2)12-9-13-21(3)14-10-15-22(4)16-11-18-29(8)19-17-26-25(7)27(30)23(5)24(6)28(26)31-29/h20-22,30H,9-19H2,1-8H3/t21-,22+,29+/m0/s1. The van der Waals surface area contributed by atoms with Gasteiger partial charge in [0.15, 0.2) is 0 Å². The SMILES string of the molecule is Cc1c(C)c2c(c(C)c1O)CC[C@@](C)(CCC[C@H](C)CCC[C@@H](C)CCCC(C)C)O2. The van der Waals surface area contributed by atoms with Crippen LogP contribution in [-0.2, 0) is 6.42 Å². The Hall–Kier alpha value is -1.18. The molecule has 0 amide bonds. The molecule has 1 aromatic carbocycles. The molecule has 2 heteroatoms. The molecule has 0 bridgehead atoms. The van der Waals surface area contributed by atoms with Crippen LogP contribution in [0.4, 0.5) is 0 Å². The second-order valence-corrected chi connectivity index (χ2v) is 11.4. The lowest BCUT2D eigenvalue weighted by Crippen LogP contribution is -2.37. The molecule has 1 heterocycles.